The van der Waals surface area contributed by atoms with Crippen LogP contribution in [0, 0.1) is 11.3 Å². The molecule has 0 spiro atoms. The van der Waals surface area contributed by atoms with Gasteiger partial charge in [0.1, 0.15) is 0 Å². The van der Waals surface area contributed by atoms with Crippen LogP contribution >= 0.6 is 0 Å². The van der Waals surface area contributed by atoms with Crippen molar-refractivity contribution in [1.82, 2.24) is 9.80 Å². The number of rotatable bonds is 3. The van der Waals surface area contributed by atoms with Crippen molar-refractivity contribution in [2.75, 3.05) is 26.2 Å². The molecule has 1 saturated heterocycles. The van der Waals surface area contributed by atoms with Crippen LogP contribution in [0.3, 0.4) is 0 Å². The van der Waals surface area contributed by atoms with E-state index in [1.165, 1.54) is 0 Å². The van der Waals surface area contributed by atoms with Crippen molar-refractivity contribution in [3.05, 3.63) is 0 Å². The predicted molar refractivity (Wildman–Crippen MR) is 80.0 cm³/mol. The first-order chi connectivity index (χ1) is 9.12. The lowest BCUT2D eigenvalue weighted by Crippen LogP contribution is -2.52. The smallest absolute Gasteiger partial charge is 0.225 e. The molecule has 0 aromatic rings. The van der Waals surface area contributed by atoms with Crippen LogP contribution in [0.1, 0.15) is 41.0 Å². The molecule has 1 aliphatic rings. The average molecular weight is 283 g/mol. The van der Waals surface area contributed by atoms with Crippen LogP contribution < -0.4 is 5.73 Å². The highest BCUT2D eigenvalue weighted by molar-refractivity contribution is 5.79. The third-order valence-electron chi connectivity index (χ3n) is 3.94. The minimum atomic E-state index is -0.134. The minimum Gasteiger partial charge on any atom is -0.339 e. The Labute approximate surface area is 122 Å². The zero-order chi connectivity index (χ0) is 15.5. The molecular formula is C15H29N3O2. The van der Waals surface area contributed by atoms with E-state index < -0.39 is 0 Å². The van der Waals surface area contributed by atoms with E-state index in [0.717, 1.165) is 0 Å². The van der Waals surface area contributed by atoms with Gasteiger partial charge in [0.15, 0.2) is 0 Å². The normalized spacial score (nSPS) is 18.4. The molecular weight excluding hydrogens is 254 g/mol. The van der Waals surface area contributed by atoms with Gasteiger partial charge >= 0.3 is 0 Å². The Morgan fingerprint density at radius 3 is 1.90 bits per heavy atom. The number of nitrogens with two attached hydrogens (primary N) is 1. The van der Waals surface area contributed by atoms with E-state index in [9.17, 15) is 9.59 Å². The highest BCUT2D eigenvalue weighted by atomic mass is 16.2. The zero-order valence-corrected chi connectivity index (χ0v) is 13.5. The summed E-state index contributed by atoms with van der Waals surface area (Å²) in [4.78, 5) is 27.8. The van der Waals surface area contributed by atoms with Gasteiger partial charge in [-0.05, 0) is 5.41 Å². The van der Waals surface area contributed by atoms with Crippen molar-refractivity contribution in [3.8, 4) is 0 Å². The SMILES string of the molecule is CC(C)C(=O)N1CCN(C(=O)CC(N)C(C)(C)C)CC1. The van der Waals surface area contributed by atoms with E-state index in [2.05, 4.69) is 0 Å². The second kappa shape index (κ2) is 6.57. The topological polar surface area (TPSA) is 66.6 Å². The number of hydrogen-bond donors (Lipinski definition) is 1. The molecule has 0 aliphatic carbocycles. The van der Waals surface area contributed by atoms with Crippen molar-refractivity contribution in [2.24, 2.45) is 17.1 Å². The van der Waals surface area contributed by atoms with Crippen molar-refractivity contribution >= 4 is 11.8 Å². The number of carbonyl (C=O) groups is 2. The van der Waals surface area contributed by atoms with E-state index in [1.54, 1.807) is 0 Å². The van der Waals surface area contributed by atoms with Crippen molar-refractivity contribution in [2.45, 2.75) is 47.1 Å². The summed E-state index contributed by atoms with van der Waals surface area (Å²) in [6, 6.07) is -0.134. The molecule has 1 unspecified atom stereocenters. The molecule has 0 radical (unpaired) electrons. The number of amides is 2. The largest absolute Gasteiger partial charge is 0.339 e. The molecule has 20 heavy (non-hydrogen) atoms. The summed E-state index contributed by atoms with van der Waals surface area (Å²) in [5, 5.41) is 0. The van der Waals surface area contributed by atoms with Gasteiger partial charge in [0.25, 0.3) is 0 Å². The summed E-state index contributed by atoms with van der Waals surface area (Å²) in [7, 11) is 0. The first kappa shape index (κ1) is 17.0. The first-order valence-corrected chi connectivity index (χ1v) is 7.45. The van der Waals surface area contributed by atoms with Crippen LogP contribution in [0.4, 0.5) is 0 Å². The van der Waals surface area contributed by atoms with Gasteiger partial charge in [0.05, 0.1) is 0 Å². The summed E-state index contributed by atoms with van der Waals surface area (Å²) in [6.45, 7) is 12.5. The van der Waals surface area contributed by atoms with Crippen LogP contribution in [0.5, 0.6) is 0 Å². The molecule has 1 rings (SSSR count). The summed E-state index contributed by atoms with van der Waals surface area (Å²) in [5.41, 5.74) is 6.00. The van der Waals surface area contributed by atoms with E-state index in [0.29, 0.717) is 32.6 Å². The van der Waals surface area contributed by atoms with E-state index >= 15 is 0 Å². The van der Waals surface area contributed by atoms with E-state index in [-0.39, 0.29) is 29.2 Å². The molecule has 2 amide bonds. The van der Waals surface area contributed by atoms with Gasteiger partial charge in [-0.25, -0.2) is 0 Å². The fourth-order valence-electron chi connectivity index (χ4n) is 2.16. The Hall–Kier alpha value is -1.10. The summed E-state index contributed by atoms with van der Waals surface area (Å²) < 4.78 is 0. The second-order valence-electron chi connectivity index (χ2n) is 7.04. The Kier molecular flexibility index (Phi) is 5.57. The number of carbonyl (C=O) groups excluding carboxylic acids is 2. The van der Waals surface area contributed by atoms with E-state index in [4.69, 9.17) is 5.73 Å². The number of hydrogen-bond acceptors (Lipinski definition) is 3. The molecule has 5 nitrogen and oxygen atoms in total. The molecule has 1 heterocycles. The average Bonchev–Trinajstić information content (AvgIpc) is 2.36. The molecule has 5 heteroatoms. The third kappa shape index (κ3) is 4.47. The van der Waals surface area contributed by atoms with Crippen LogP contribution in [0.25, 0.3) is 0 Å². The Morgan fingerprint density at radius 2 is 1.50 bits per heavy atom. The van der Waals surface area contributed by atoms with Gasteiger partial charge in [-0.1, -0.05) is 34.6 Å². The van der Waals surface area contributed by atoms with E-state index in [1.807, 2.05) is 44.4 Å². The standard InChI is InChI=1S/C15H29N3O2/c1-11(2)14(20)18-8-6-17(7-9-18)13(19)10-12(16)15(3,4)5/h11-12H,6-10,16H2,1-5H3. The van der Waals surface area contributed by atoms with Gasteiger partial charge in [0, 0.05) is 44.6 Å². The van der Waals surface area contributed by atoms with Gasteiger partial charge in [-0.2, -0.15) is 0 Å². The summed E-state index contributed by atoms with van der Waals surface area (Å²) >= 11 is 0. The van der Waals surface area contributed by atoms with Crippen LogP contribution in [0.15, 0.2) is 0 Å². The Morgan fingerprint density at radius 1 is 1.05 bits per heavy atom. The molecule has 1 atom stereocenters. The molecule has 0 aromatic carbocycles. The fourth-order valence-corrected chi connectivity index (χ4v) is 2.16. The van der Waals surface area contributed by atoms with Crippen LogP contribution in [0.2, 0.25) is 0 Å². The van der Waals surface area contributed by atoms with Crippen molar-refractivity contribution < 1.29 is 9.59 Å². The maximum atomic E-state index is 12.2. The van der Waals surface area contributed by atoms with Crippen molar-refractivity contribution in [3.63, 3.8) is 0 Å². The summed E-state index contributed by atoms with van der Waals surface area (Å²) in [5.74, 6) is 0.291. The summed E-state index contributed by atoms with van der Waals surface area (Å²) in [6.07, 6.45) is 0.377. The lowest BCUT2D eigenvalue weighted by Gasteiger charge is -2.37. The molecule has 0 bridgehead atoms. The van der Waals surface area contributed by atoms with Gasteiger partial charge in [-0.3, -0.25) is 9.59 Å². The number of piperazine rings is 1. The lowest BCUT2D eigenvalue weighted by atomic mass is 9.85. The molecule has 116 valence electrons. The quantitative estimate of drug-likeness (QED) is 0.842. The lowest BCUT2D eigenvalue weighted by molar-refractivity contribution is -0.141. The fraction of sp³-hybridized carbons (Fsp3) is 0.867. The van der Waals surface area contributed by atoms with Crippen LogP contribution in [-0.2, 0) is 9.59 Å². The molecule has 1 fully saturated rings. The minimum absolute atomic E-state index is 0.0200. The maximum absolute atomic E-state index is 12.2. The third-order valence-corrected chi connectivity index (χ3v) is 3.94. The monoisotopic (exact) mass is 283 g/mol. The highest BCUT2D eigenvalue weighted by Crippen LogP contribution is 2.20. The maximum Gasteiger partial charge on any atom is 0.225 e. The van der Waals surface area contributed by atoms with Gasteiger partial charge in [0.2, 0.25) is 11.8 Å². The Bertz CT molecular complexity index is 353. The molecule has 2 N–H and O–H groups in total. The second-order valence-corrected chi connectivity index (χ2v) is 7.04. The Balaban J connectivity index is 2.45. The molecule has 0 aromatic heterocycles. The molecule has 0 saturated carbocycles. The molecule has 1 aliphatic heterocycles. The van der Waals surface area contributed by atoms with Gasteiger partial charge in [-0.15, -0.1) is 0 Å². The van der Waals surface area contributed by atoms with Crippen molar-refractivity contribution in [1.29, 1.82) is 0 Å². The highest BCUT2D eigenvalue weighted by Gasteiger charge is 2.29. The zero-order valence-electron chi connectivity index (χ0n) is 13.5. The first-order valence-electron chi connectivity index (χ1n) is 7.45. The predicted octanol–water partition coefficient (Wildman–Crippen LogP) is 1.08. The number of nitrogens with zero attached hydrogens (tertiary/aromatic N) is 2. The van der Waals surface area contributed by atoms with Crippen LogP contribution in [-0.4, -0.2) is 53.8 Å². The van der Waals surface area contributed by atoms with Gasteiger partial charge < -0.3 is 15.5 Å².